The molecule has 1 aliphatic rings. The maximum absolute atomic E-state index is 4.21. The van der Waals surface area contributed by atoms with Gasteiger partial charge in [0, 0.05) is 17.8 Å². The van der Waals surface area contributed by atoms with Crippen molar-refractivity contribution in [1.29, 1.82) is 0 Å². The van der Waals surface area contributed by atoms with Gasteiger partial charge < -0.3 is 5.32 Å². The zero-order chi connectivity index (χ0) is 9.97. The van der Waals surface area contributed by atoms with Crippen LogP contribution in [0.1, 0.15) is 32.4 Å². The van der Waals surface area contributed by atoms with Gasteiger partial charge in [0.05, 0.1) is 0 Å². The molecule has 0 aliphatic heterocycles. The third-order valence-corrected chi connectivity index (χ3v) is 2.87. The Morgan fingerprint density at radius 3 is 2.93 bits per heavy atom. The van der Waals surface area contributed by atoms with Gasteiger partial charge in [0.1, 0.15) is 12.1 Å². The van der Waals surface area contributed by atoms with Crippen molar-refractivity contribution >= 4 is 5.82 Å². The third-order valence-electron chi connectivity index (χ3n) is 2.87. The Kier molecular flexibility index (Phi) is 2.66. The van der Waals surface area contributed by atoms with Crippen LogP contribution in [0.15, 0.2) is 12.4 Å². The van der Waals surface area contributed by atoms with Crippen LogP contribution >= 0.6 is 0 Å². The molecule has 0 unspecified atom stereocenters. The highest BCUT2D eigenvalue weighted by atomic mass is 15.1. The van der Waals surface area contributed by atoms with E-state index in [9.17, 15) is 0 Å². The first-order chi connectivity index (χ1) is 6.83. The van der Waals surface area contributed by atoms with Gasteiger partial charge in [-0.1, -0.05) is 20.3 Å². The SMILES string of the molecule is CCc1cc(N[C@@H]2C[C@H]2CC)ncn1. The molecule has 1 aromatic heterocycles. The van der Waals surface area contributed by atoms with Gasteiger partial charge in [-0.25, -0.2) is 9.97 Å². The lowest BCUT2D eigenvalue weighted by molar-refractivity contribution is 0.773. The average Bonchev–Trinajstić information content (AvgIpc) is 2.97. The quantitative estimate of drug-likeness (QED) is 0.793. The van der Waals surface area contributed by atoms with Crippen molar-refractivity contribution in [2.24, 2.45) is 5.92 Å². The van der Waals surface area contributed by atoms with E-state index in [2.05, 4.69) is 29.1 Å². The summed E-state index contributed by atoms with van der Waals surface area (Å²) in [6, 6.07) is 2.70. The van der Waals surface area contributed by atoms with Crippen molar-refractivity contribution in [3.05, 3.63) is 18.1 Å². The number of anilines is 1. The number of rotatable bonds is 4. The monoisotopic (exact) mass is 191 g/mol. The van der Waals surface area contributed by atoms with Crippen molar-refractivity contribution in [1.82, 2.24) is 9.97 Å². The van der Waals surface area contributed by atoms with E-state index in [1.807, 2.05) is 6.07 Å². The van der Waals surface area contributed by atoms with Gasteiger partial charge in [0.25, 0.3) is 0 Å². The Morgan fingerprint density at radius 1 is 1.43 bits per heavy atom. The van der Waals surface area contributed by atoms with Crippen molar-refractivity contribution < 1.29 is 0 Å². The highest BCUT2D eigenvalue weighted by Gasteiger charge is 2.35. The molecule has 0 spiro atoms. The molecule has 1 aliphatic carbocycles. The lowest BCUT2D eigenvalue weighted by Crippen LogP contribution is -2.06. The van der Waals surface area contributed by atoms with Gasteiger partial charge in [-0.2, -0.15) is 0 Å². The van der Waals surface area contributed by atoms with Crippen LogP contribution in [0.5, 0.6) is 0 Å². The molecule has 2 rings (SSSR count). The van der Waals surface area contributed by atoms with E-state index in [0.717, 1.165) is 23.9 Å². The van der Waals surface area contributed by atoms with Gasteiger partial charge in [0.2, 0.25) is 0 Å². The second-order valence-electron chi connectivity index (χ2n) is 3.90. The lowest BCUT2D eigenvalue weighted by Gasteiger charge is -2.04. The molecule has 1 heterocycles. The van der Waals surface area contributed by atoms with E-state index in [-0.39, 0.29) is 0 Å². The summed E-state index contributed by atoms with van der Waals surface area (Å²) in [4.78, 5) is 8.39. The molecule has 3 nitrogen and oxygen atoms in total. The summed E-state index contributed by atoms with van der Waals surface area (Å²) >= 11 is 0. The molecule has 0 radical (unpaired) electrons. The molecule has 0 bridgehead atoms. The van der Waals surface area contributed by atoms with Gasteiger partial charge in [-0.05, 0) is 18.8 Å². The largest absolute Gasteiger partial charge is 0.367 e. The summed E-state index contributed by atoms with van der Waals surface area (Å²) in [5.74, 6) is 1.84. The molecule has 1 fully saturated rings. The first kappa shape index (κ1) is 9.44. The molecular weight excluding hydrogens is 174 g/mol. The van der Waals surface area contributed by atoms with Crippen LogP contribution in [-0.4, -0.2) is 16.0 Å². The molecule has 76 valence electrons. The van der Waals surface area contributed by atoms with Crippen molar-refractivity contribution in [3.8, 4) is 0 Å². The van der Waals surface area contributed by atoms with Gasteiger partial charge in [-0.15, -0.1) is 0 Å². The fourth-order valence-electron chi connectivity index (χ4n) is 1.74. The third kappa shape index (κ3) is 2.03. The summed E-state index contributed by atoms with van der Waals surface area (Å²) in [7, 11) is 0. The standard InChI is InChI=1S/C11H17N3/c1-3-8-5-10(8)14-11-6-9(4-2)12-7-13-11/h6-8,10H,3-5H2,1-2H3,(H,12,13,14)/t8-,10-/m1/s1. The molecule has 1 saturated carbocycles. The number of nitrogens with one attached hydrogen (secondary N) is 1. The minimum Gasteiger partial charge on any atom is -0.367 e. The van der Waals surface area contributed by atoms with Crippen molar-refractivity contribution in [3.63, 3.8) is 0 Å². The van der Waals surface area contributed by atoms with Crippen LogP contribution in [0.3, 0.4) is 0 Å². The topological polar surface area (TPSA) is 37.8 Å². The molecule has 0 amide bonds. The Bertz CT molecular complexity index is 311. The summed E-state index contributed by atoms with van der Waals surface area (Å²) in [6.45, 7) is 4.35. The highest BCUT2D eigenvalue weighted by Crippen LogP contribution is 2.35. The van der Waals surface area contributed by atoms with Crippen LogP contribution < -0.4 is 5.32 Å². The second-order valence-corrected chi connectivity index (χ2v) is 3.90. The Balaban J connectivity index is 1.96. The Hall–Kier alpha value is -1.12. The molecule has 1 N–H and O–H groups in total. The molecular formula is C11H17N3. The van der Waals surface area contributed by atoms with Gasteiger partial charge in [0.15, 0.2) is 0 Å². The predicted octanol–water partition coefficient (Wildman–Crippen LogP) is 2.25. The van der Waals surface area contributed by atoms with E-state index < -0.39 is 0 Å². The lowest BCUT2D eigenvalue weighted by atomic mass is 10.3. The number of aromatic nitrogens is 2. The maximum atomic E-state index is 4.21. The van der Waals surface area contributed by atoms with Gasteiger partial charge >= 0.3 is 0 Å². The molecule has 0 aromatic carbocycles. The number of nitrogens with zero attached hydrogens (tertiary/aromatic N) is 2. The van der Waals surface area contributed by atoms with E-state index in [0.29, 0.717) is 6.04 Å². The average molecular weight is 191 g/mol. The fourth-order valence-corrected chi connectivity index (χ4v) is 1.74. The highest BCUT2D eigenvalue weighted by molar-refractivity contribution is 5.38. The zero-order valence-corrected chi connectivity index (χ0v) is 8.83. The number of hydrogen-bond acceptors (Lipinski definition) is 3. The number of hydrogen-bond donors (Lipinski definition) is 1. The first-order valence-electron chi connectivity index (χ1n) is 5.41. The van der Waals surface area contributed by atoms with Crippen LogP contribution in [-0.2, 0) is 6.42 Å². The first-order valence-corrected chi connectivity index (χ1v) is 5.41. The molecule has 2 atom stereocenters. The Labute approximate surface area is 85.0 Å². The summed E-state index contributed by atoms with van der Waals surface area (Å²) in [5, 5.41) is 3.44. The zero-order valence-electron chi connectivity index (χ0n) is 8.83. The minimum absolute atomic E-state index is 0.652. The summed E-state index contributed by atoms with van der Waals surface area (Å²) in [5.41, 5.74) is 1.11. The smallest absolute Gasteiger partial charge is 0.129 e. The minimum atomic E-state index is 0.652. The van der Waals surface area contributed by atoms with Crippen molar-refractivity contribution in [2.75, 3.05) is 5.32 Å². The molecule has 0 saturated heterocycles. The van der Waals surface area contributed by atoms with Crippen LogP contribution in [0, 0.1) is 5.92 Å². The van der Waals surface area contributed by atoms with E-state index in [1.54, 1.807) is 6.33 Å². The maximum Gasteiger partial charge on any atom is 0.129 e. The summed E-state index contributed by atoms with van der Waals surface area (Å²) < 4.78 is 0. The normalized spacial score (nSPS) is 24.7. The summed E-state index contributed by atoms with van der Waals surface area (Å²) in [6.07, 6.45) is 5.18. The molecule has 1 aromatic rings. The Morgan fingerprint density at radius 2 is 2.29 bits per heavy atom. The van der Waals surface area contributed by atoms with E-state index >= 15 is 0 Å². The van der Waals surface area contributed by atoms with Crippen LogP contribution in [0.4, 0.5) is 5.82 Å². The van der Waals surface area contributed by atoms with E-state index in [4.69, 9.17) is 0 Å². The predicted molar refractivity (Wildman–Crippen MR) is 57.2 cm³/mol. The second kappa shape index (κ2) is 3.95. The van der Waals surface area contributed by atoms with Gasteiger partial charge in [-0.3, -0.25) is 0 Å². The number of aryl methyl sites for hydroxylation is 1. The fraction of sp³-hybridized carbons (Fsp3) is 0.636. The van der Waals surface area contributed by atoms with Crippen molar-refractivity contribution in [2.45, 2.75) is 39.2 Å². The van der Waals surface area contributed by atoms with E-state index in [1.165, 1.54) is 12.8 Å². The van der Waals surface area contributed by atoms with Crippen LogP contribution in [0.2, 0.25) is 0 Å². The molecule has 3 heteroatoms. The molecule has 14 heavy (non-hydrogen) atoms. The van der Waals surface area contributed by atoms with Crippen LogP contribution in [0.25, 0.3) is 0 Å².